The molecule has 0 fully saturated rings. The van der Waals surface area contributed by atoms with Crippen molar-refractivity contribution < 1.29 is 4.74 Å². The van der Waals surface area contributed by atoms with Crippen LogP contribution in [0, 0.1) is 0 Å². The van der Waals surface area contributed by atoms with E-state index in [1.807, 2.05) is 30.5 Å². The van der Waals surface area contributed by atoms with Crippen LogP contribution < -0.4 is 10.5 Å². The van der Waals surface area contributed by atoms with Crippen LogP contribution in [0.3, 0.4) is 0 Å². The molecule has 21 heavy (non-hydrogen) atoms. The molecule has 2 N–H and O–H groups in total. The Balaban J connectivity index is 1.98. The lowest BCUT2D eigenvalue weighted by molar-refractivity contribution is 0.392. The van der Waals surface area contributed by atoms with Crippen molar-refractivity contribution in [1.29, 1.82) is 0 Å². The summed E-state index contributed by atoms with van der Waals surface area (Å²) >= 11 is 3.32. The molecule has 0 bridgehead atoms. The van der Waals surface area contributed by atoms with Crippen molar-refractivity contribution in [3.05, 3.63) is 47.3 Å². The van der Waals surface area contributed by atoms with Crippen molar-refractivity contribution in [2.24, 2.45) is 0 Å². The van der Waals surface area contributed by atoms with Gasteiger partial charge >= 0.3 is 0 Å². The number of methoxy groups -OCH3 is 1. The molecule has 1 aromatic carbocycles. The molecule has 0 amide bonds. The van der Waals surface area contributed by atoms with Gasteiger partial charge in [-0.2, -0.15) is 10.1 Å². The average molecular weight is 346 g/mol. The summed E-state index contributed by atoms with van der Waals surface area (Å²) in [4.78, 5) is 8.50. The van der Waals surface area contributed by atoms with Crippen molar-refractivity contribution in [3.63, 3.8) is 0 Å². The van der Waals surface area contributed by atoms with Gasteiger partial charge in [0.1, 0.15) is 0 Å². The first kappa shape index (κ1) is 13.6. The molecule has 2 aromatic heterocycles. The summed E-state index contributed by atoms with van der Waals surface area (Å²) in [6.07, 6.45) is 5.22. The lowest BCUT2D eigenvalue weighted by atomic mass is 10.1. The van der Waals surface area contributed by atoms with Crippen LogP contribution in [0.4, 0.5) is 5.69 Å². The van der Waals surface area contributed by atoms with Crippen LogP contribution in [-0.4, -0.2) is 26.9 Å². The van der Waals surface area contributed by atoms with Crippen LogP contribution >= 0.6 is 15.9 Å². The molecule has 6 nitrogen and oxygen atoms in total. The Hall–Kier alpha value is -2.41. The predicted octanol–water partition coefficient (Wildman–Crippen LogP) is 2.68. The maximum atomic E-state index is 5.79. The highest BCUT2D eigenvalue weighted by atomic mass is 79.9. The van der Waals surface area contributed by atoms with Crippen LogP contribution in [0.15, 0.2) is 47.3 Å². The average Bonchev–Trinajstić information content (AvgIpc) is 2.97. The zero-order valence-corrected chi connectivity index (χ0v) is 12.8. The van der Waals surface area contributed by atoms with E-state index < -0.39 is 0 Å². The van der Waals surface area contributed by atoms with E-state index in [9.17, 15) is 0 Å². The van der Waals surface area contributed by atoms with Gasteiger partial charge in [0.05, 0.1) is 24.0 Å². The third-order valence-electron chi connectivity index (χ3n) is 2.90. The van der Waals surface area contributed by atoms with E-state index in [1.165, 1.54) is 0 Å². The second-order valence-electron chi connectivity index (χ2n) is 4.33. The van der Waals surface area contributed by atoms with Gasteiger partial charge in [0.25, 0.3) is 5.95 Å². The monoisotopic (exact) mass is 345 g/mol. The largest absolute Gasteiger partial charge is 0.480 e. The second-order valence-corrected chi connectivity index (χ2v) is 5.18. The fourth-order valence-corrected chi connectivity index (χ4v) is 2.25. The highest BCUT2D eigenvalue weighted by Crippen LogP contribution is 2.24. The Bertz CT molecular complexity index is 787. The molecule has 0 spiro atoms. The molecule has 0 aliphatic heterocycles. The zero-order valence-electron chi connectivity index (χ0n) is 11.2. The Kier molecular flexibility index (Phi) is 3.57. The first-order chi connectivity index (χ1) is 10.2. The third-order valence-corrected chi connectivity index (χ3v) is 3.44. The van der Waals surface area contributed by atoms with Crippen LogP contribution in [0.5, 0.6) is 5.88 Å². The molecule has 3 rings (SSSR count). The molecule has 0 atom stereocenters. The lowest BCUT2D eigenvalue weighted by Gasteiger charge is -2.04. The van der Waals surface area contributed by atoms with E-state index in [2.05, 4.69) is 31.0 Å². The van der Waals surface area contributed by atoms with Gasteiger partial charge in [0.2, 0.25) is 5.88 Å². The normalized spacial score (nSPS) is 10.6. The molecule has 3 aromatic rings. The number of nitrogen functional groups attached to an aromatic ring is 1. The van der Waals surface area contributed by atoms with Crippen molar-refractivity contribution in [2.75, 3.05) is 12.8 Å². The Morgan fingerprint density at radius 3 is 2.86 bits per heavy atom. The first-order valence-corrected chi connectivity index (χ1v) is 6.94. The van der Waals surface area contributed by atoms with E-state index >= 15 is 0 Å². The standard InChI is InChI=1S/C14H12BrN5O/c1-21-13-12(15)7-17-14(19-13)20-8-10(6-18-20)9-3-2-4-11(16)5-9/h2-8H,16H2,1H3. The minimum absolute atomic E-state index is 0.435. The van der Waals surface area contributed by atoms with E-state index in [0.717, 1.165) is 11.1 Å². The zero-order chi connectivity index (χ0) is 14.8. The SMILES string of the molecule is COc1nc(-n2cc(-c3cccc(N)c3)cn2)ncc1Br. The Morgan fingerprint density at radius 2 is 2.10 bits per heavy atom. The van der Waals surface area contributed by atoms with Gasteiger partial charge in [-0.1, -0.05) is 12.1 Å². The number of aromatic nitrogens is 4. The van der Waals surface area contributed by atoms with Crippen molar-refractivity contribution in [3.8, 4) is 23.0 Å². The van der Waals surface area contributed by atoms with Gasteiger partial charge in [-0.3, -0.25) is 0 Å². The minimum atomic E-state index is 0.435. The highest BCUT2D eigenvalue weighted by molar-refractivity contribution is 9.10. The fraction of sp³-hybridized carbons (Fsp3) is 0.0714. The summed E-state index contributed by atoms with van der Waals surface area (Å²) in [6.45, 7) is 0. The van der Waals surface area contributed by atoms with Gasteiger partial charge in [-0.05, 0) is 33.6 Å². The van der Waals surface area contributed by atoms with Crippen LogP contribution in [-0.2, 0) is 0 Å². The summed E-state index contributed by atoms with van der Waals surface area (Å²) in [5, 5.41) is 4.28. The van der Waals surface area contributed by atoms with Gasteiger partial charge in [-0.25, -0.2) is 9.67 Å². The number of rotatable bonds is 3. The molecule has 0 radical (unpaired) electrons. The third kappa shape index (κ3) is 2.73. The number of halogens is 1. The van der Waals surface area contributed by atoms with E-state index in [0.29, 0.717) is 22.0 Å². The van der Waals surface area contributed by atoms with Crippen LogP contribution in [0.25, 0.3) is 17.1 Å². The highest BCUT2D eigenvalue weighted by Gasteiger charge is 2.09. The molecular formula is C14H12BrN5O. The van der Waals surface area contributed by atoms with Gasteiger partial charge < -0.3 is 10.5 Å². The topological polar surface area (TPSA) is 78.9 Å². The van der Waals surface area contributed by atoms with Gasteiger partial charge in [-0.15, -0.1) is 0 Å². The Labute approximate surface area is 129 Å². The smallest absolute Gasteiger partial charge is 0.253 e. The van der Waals surface area contributed by atoms with Crippen LogP contribution in [0.1, 0.15) is 0 Å². The number of benzene rings is 1. The Morgan fingerprint density at radius 1 is 1.24 bits per heavy atom. The molecule has 106 valence electrons. The molecule has 0 aliphatic rings. The second kappa shape index (κ2) is 5.53. The van der Waals surface area contributed by atoms with Crippen molar-refractivity contribution >= 4 is 21.6 Å². The van der Waals surface area contributed by atoms with Crippen LogP contribution in [0.2, 0.25) is 0 Å². The summed E-state index contributed by atoms with van der Waals surface area (Å²) in [5.74, 6) is 0.895. The maximum absolute atomic E-state index is 5.79. The van der Waals surface area contributed by atoms with Gasteiger partial charge in [0, 0.05) is 17.4 Å². The number of nitrogens with zero attached hydrogens (tertiary/aromatic N) is 4. The van der Waals surface area contributed by atoms with E-state index in [-0.39, 0.29) is 0 Å². The molecule has 0 unspecified atom stereocenters. The van der Waals surface area contributed by atoms with E-state index in [4.69, 9.17) is 10.5 Å². The number of anilines is 1. The fourth-order valence-electron chi connectivity index (χ4n) is 1.90. The molecule has 0 saturated heterocycles. The predicted molar refractivity (Wildman–Crippen MR) is 83.3 cm³/mol. The first-order valence-electron chi connectivity index (χ1n) is 6.15. The molecular weight excluding hydrogens is 334 g/mol. The molecule has 2 heterocycles. The summed E-state index contributed by atoms with van der Waals surface area (Å²) in [5.41, 5.74) is 8.43. The lowest BCUT2D eigenvalue weighted by Crippen LogP contribution is -2.03. The minimum Gasteiger partial charge on any atom is -0.480 e. The van der Waals surface area contributed by atoms with Crippen molar-refractivity contribution in [2.45, 2.75) is 0 Å². The summed E-state index contributed by atoms with van der Waals surface area (Å²) in [7, 11) is 1.55. The number of hydrogen-bond acceptors (Lipinski definition) is 5. The number of ether oxygens (including phenoxy) is 1. The molecule has 0 saturated carbocycles. The number of nitrogens with two attached hydrogens (primary N) is 1. The van der Waals surface area contributed by atoms with Crippen molar-refractivity contribution in [1.82, 2.24) is 19.7 Å². The molecule has 7 heteroatoms. The maximum Gasteiger partial charge on any atom is 0.253 e. The van der Waals surface area contributed by atoms with Gasteiger partial charge in [0.15, 0.2) is 0 Å². The van der Waals surface area contributed by atoms with E-state index in [1.54, 1.807) is 24.2 Å². The molecule has 0 aliphatic carbocycles. The number of hydrogen-bond donors (Lipinski definition) is 1. The summed E-state index contributed by atoms with van der Waals surface area (Å²) in [6, 6.07) is 7.61. The quantitative estimate of drug-likeness (QED) is 0.738. The summed E-state index contributed by atoms with van der Waals surface area (Å²) < 4.78 is 7.44.